The molecule has 7 nitrogen and oxygen atoms in total. The summed E-state index contributed by atoms with van der Waals surface area (Å²) >= 11 is 0. The predicted octanol–water partition coefficient (Wildman–Crippen LogP) is 4.48. The third-order valence-corrected chi connectivity index (χ3v) is 5.60. The summed E-state index contributed by atoms with van der Waals surface area (Å²) in [6, 6.07) is 15.8. The molecule has 4 rings (SSSR count). The molecule has 3 aromatic rings. The van der Waals surface area contributed by atoms with Gasteiger partial charge in [0.2, 0.25) is 0 Å². The number of methoxy groups -OCH3 is 3. The summed E-state index contributed by atoms with van der Waals surface area (Å²) in [6.45, 7) is 0. The van der Waals surface area contributed by atoms with Gasteiger partial charge in [-0.15, -0.1) is 0 Å². The Balaban J connectivity index is 1.96. The third kappa shape index (κ3) is 3.94. The SMILES string of the molecule is COc1cccc(C2/C(=C(\O)c3ccc(OC)c(OC)c3)C(=O)C(=O)N2c2cccc(F)c2)c1. The van der Waals surface area contributed by atoms with Gasteiger partial charge in [-0.3, -0.25) is 14.5 Å². The van der Waals surface area contributed by atoms with Crippen molar-refractivity contribution in [2.24, 2.45) is 0 Å². The average molecular weight is 463 g/mol. The van der Waals surface area contributed by atoms with Crippen molar-refractivity contribution < 1.29 is 33.3 Å². The van der Waals surface area contributed by atoms with Crippen LogP contribution in [0.4, 0.5) is 10.1 Å². The molecule has 0 radical (unpaired) electrons. The first kappa shape index (κ1) is 22.8. The minimum Gasteiger partial charge on any atom is -0.507 e. The number of carbonyl (C=O) groups is 2. The molecule has 1 aliphatic rings. The summed E-state index contributed by atoms with van der Waals surface area (Å²) in [6.07, 6.45) is 0. The molecule has 1 unspecified atom stereocenters. The number of nitrogens with zero attached hydrogens (tertiary/aromatic N) is 1. The zero-order chi connectivity index (χ0) is 24.4. The molecule has 1 amide bonds. The zero-order valence-electron chi connectivity index (χ0n) is 18.7. The monoisotopic (exact) mass is 463 g/mol. The van der Waals surface area contributed by atoms with E-state index in [4.69, 9.17) is 14.2 Å². The summed E-state index contributed by atoms with van der Waals surface area (Å²) in [5.74, 6) is -1.49. The van der Waals surface area contributed by atoms with E-state index in [-0.39, 0.29) is 16.8 Å². The third-order valence-electron chi connectivity index (χ3n) is 5.60. The van der Waals surface area contributed by atoms with E-state index < -0.39 is 29.3 Å². The van der Waals surface area contributed by atoms with E-state index in [1.54, 1.807) is 36.4 Å². The van der Waals surface area contributed by atoms with Crippen molar-refractivity contribution in [2.45, 2.75) is 6.04 Å². The first-order chi connectivity index (χ1) is 16.4. The molecule has 34 heavy (non-hydrogen) atoms. The lowest BCUT2D eigenvalue weighted by Crippen LogP contribution is -2.29. The molecule has 1 N–H and O–H groups in total. The van der Waals surface area contributed by atoms with Crippen LogP contribution in [0.25, 0.3) is 5.76 Å². The number of aliphatic hydroxyl groups excluding tert-OH is 1. The molecule has 0 aliphatic carbocycles. The molecule has 1 atom stereocenters. The van der Waals surface area contributed by atoms with Crippen LogP contribution in [-0.4, -0.2) is 38.1 Å². The molecule has 0 bridgehead atoms. The number of amides is 1. The number of benzene rings is 3. The Morgan fingerprint density at radius 2 is 1.62 bits per heavy atom. The van der Waals surface area contributed by atoms with E-state index >= 15 is 0 Å². The number of Topliss-reactive ketones (excluding diaryl/α,β-unsaturated/α-hetero) is 1. The predicted molar refractivity (Wildman–Crippen MR) is 124 cm³/mol. The van der Waals surface area contributed by atoms with Gasteiger partial charge in [0.15, 0.2) is 11.5 Å². The van der Waals surface area contributed by atoms with Crippen LogP contribution in [0, 0.1) is 5.82 Å². The van der Waals surface area contributed by atoms with Gasteiger partial charge in [0.05, 0.1) is 32.9 Å². The second-order valence-corrected chi connectivity index (χ2v) is 7.50. The van der Waals surface area contributed by atoms with E-state index in [1.807, 2.05) is 0 Å². The maximum Gasteiger partial charge on any atom is 0.300 e. The van der Waals surface area contributed by atoms with Crippen molar-refractivity contribution in [3.8, 4) is 17.2 Å². The van der Waals surface area contributed by atoms with E-state index in [1.165, 1.54) is 50.5 Å². The van der Waals surface area contributed by atoms with Crippen LogP contribution in [-0.2, 0) is 9.59 Å². The van der Waals surface area contributed by atoms with Crippen molar-refractivity contribution in [3.63, 3.8) is 0 Å². The second kappa shape index (κ2) is 9.27. The number of anilines is 1. The smallest absolute Gasteiger partial charge is 0.300 e. The normalized spacial score (nSPS) is 17.1. The lowest BCUT2D eigenvalue weighted by atomic mass is 9.95. The first-order valence-corrected chi connectivity index (χ1v) is 10.3. The molecule has 1 aliphatic heterocycles. The maximum absolute atomic E-state index is 14.0. The highest BCUT2D eigenvalue weighted by Gasteiger charge is 2.47. The van der Waals surface area contributed by atoms with Gasteiger partial charge in [-0.25, -0.2) is 4.39 Å². The Kier molecular flexibility index (Phi) is 6.23. The quantitative estimate of drug-likeness (QED) is 0.330. The summed E-state index contributed by atoms with van der Waals surface area (Å²) in [5.41, 5.74) is 0.795. The minimum atomic E-state index is -1.02. The van der Waals surface area contributed by atoms with Gasteiger partial charge < -0.3 is 19.3 Å². The van der Waals surface area contributed by atoms with Gasteiger partial charge in [-0.1, -0.05) is 18.2 Å². The van der Waals surface area contributed by atoms with Crippen LogP contribution in [0.1, 0.15) is 17.2 Å². The lowest BCUT2D eigenvalue weighted by molar-refractivity contribution is -0.132. The van der Waals surface area contributed by atoms with Gasteiger partial charge in [-0.2, -0.15) is 0 Å². The molecule has 0 aromatic heterocycles. The van der Waals surface area contributed by atoms with Crippen molar-refractivity contribution in [3.05, 3.63) is 89.2 Å². The van der Waals surface area contributed by atoms with Crippen LogP contribution in [0.3, 0.4) is 0 Å². The van der Waals surface area contributed by atoms with E-state index in [0.717, 1.165) is 6.07 Å². The summed E-state index contributed by atoms with van der Waals surface area (Å²) in [7, 11) is 4.41. The van der Waals surface area contributed by atoms with Gasteiger partial charge in [0.25, 0.3) is 11.7 Å². The molecular weight excluding hydrogens is 441 g/mol. The molecule has 8 heteroatoms. The van der Waals surface area contributed by atoms with E-state index in [9.17, 15) is 19.1 Å². The van der Waals surface area contributed by atoms with Crippen molar-refractivity contribution in [2.75, 3.05) is 26.2 Å². The number of aliphatic hydroxyl groups is 1. The number of carbonyl (C=O) groups excluding carboxylic acids is 2. The van der Waals surface area contributed by atoms with Gasteiger partial charge in [-0.05, 0) is 54.1 Å². The molecule has 0 saturated carbocycles. The Hall–Kier alpha value is -4.33. The standard InChI is InChI=1S/C26H22FNO6/c1-32-19-9-4-6-15(12-19)23-22(24(29)16-10-11-20(33-2)21(13-16)34-3)25(30)26(31)28(23)18-8-5-7-17(27)14-18/h4-14,23,29H,1-3H3/b24-22+. The fourth-order valence-electron chi connectivity index (χ4n) is 3.99. The van der Waals surface area contributed by atoms with Gasteiger partial charge in [0.1, 0.15) is 17.3 Å². The summed E-state index contributed by atoms with van der Waals surface area (Å²) < 4.78 is 29.9. The maximum atomic E-state index is 14.0. The van der Waals surface area contributed by atoms with Crippen LogP contribution >= 0.6 is 0 Å². The zero-order valence-corrected chi connectivity index (χ0v) is 18.7. The molecular formula is C26H22FNO6. The first-order valence-electron chi connectivity index (χ1n) is 10.3. The topological polar surface area (TPSA) is 85.3 Å². The van der Waals surface area contributed by atoms with Gasteiger partial charge in [0, 0.05) is 11.3 Å². The highest BCUT2D eigenvalue weighted by Crippen LogP contribution is 2.43. The average Bonchev–Trinajstić information content (AvgIpc) is 3.13. The summed E-state index contributed by atoms with van der Waals surface area (Å²) in [5, 5.41) is 11.2. The molecule has 1 saturated heterocycles. The van der Waals surface area contributed by atoms with Crippen molar-refractivity contribution in [1.82, 2.24) is 0 Å². The fraction of sp³-hybridized carbons (Fsp3) is 0.154. The number of hydrogen-bond acceptors (Lipinski definition) is 6. The number of ether oxygens (including phenoxy) is 3. The number of ketones is 1. The van der Waals surface area contributed by atoms with Crippen LogP contribution in [0.15, 0.2) is 72.3 Å². The van der Waals surface area contributed by atoms with E-state index in [2.05, 4.69) is 0 Å². The van der Waals surface area contributed by atoms with Crippen molar-refractivity contribution in [1.29, 1.82) is 0 Å². The Labute approximate surface area is 195 Å². The van der Waals surface area contributed by atoms with Crippen LogP contribution in [0.5, 0.6) is 17.2 Å². The molecule has 174 valence electrons. The highest BCUT2D eigenvalue weighted by atomic mass is 19.1. The number of rotatable bonds is 6. The van der Waals surface area contributed by atoms with Crippen LogP contribution < -0.4 is 19.1 Å². The minimum absolute atomic E-state index is 0.144. The lowest BCUT2D eigenvalue weighted by Gasteiger charge is -2.25. The molecule has 1 heterocycles. The molecule has 3 aromatic carbocycles. The fourth-order valence-corrected chi connectivity index (χ4v) is 3.99. The second-order valence-electron chi connectivity index (χ2n) is 7.50. The Morgan fingerprint density at radius 3 is 2.29 bits per heavy atom. The summed E-state index contributed by atoms with van der Waals surface area (Å²) in [4.78, 5) is 27.5. The number of hydrogen-bond donors (Lipinski definition) is 1. The molecule has 1 fully saturated rings. The molecule has 0 spiro atoms. The highest BCUT2D eigenvalue weighted by molar-refractivity contribution is 6.51. The van der Waals surface area contributed by atoms with Gasteiger partial charge >= 0.3 is 0 Å². The Morgan fingerprint density at radius 1 is 0.882 bits per heavy atom. The largest absolute Gasteiger partial charge is 0.507 e. The number of halogens is 1. The van der Waals surface area contributed by atoms with Crippen molar-refractivity contribution >= 4 is 23.1 Å². The van der Waals surface area contributed by atoms with E-state index in [0.29, 0.717) is 22.8 Å². The van der Waals surface area contributed by atoms with Crippen LogP contribution in [0.2, 0.25) is 0 Å². The Bertz CT molecular complexity index is 1300.